The molecule has 32 heavy (non-hydrogen) atoms. The molecule has 1 amide bonds. The fraction of sp³-hybridized carbons (Fsp3) is 0.125. The number of nitrogens with one attached hydrogen (secondary N) is 1. The number of carbonyl (C=O) groups excluding carboxylic acids is 1. The second-order valence-corrected chi connectivity index (χ2v) is 8.91. The second-order valence-electron chi connectivity index (χ2n) is 7.12. The van der Waals surface area contributed by atoms with Gasteiger partial charge in [-0.15, -0.1) is 22.7 Å². The zero-order chi connectivity index (χ0) is 22.1. The van der Waals surface area contributed by atoms with Gasteiger partial charge in [0.2, 0.25) is 5.13 Å². The Hall–Kier alpha value is -3.49. The molecule has 0 aliphatic rings. The lowest BCUT2D eigenvalue weighted by Crippen LogP contribution is -2.17. The van der Waals surface area contributed by atoms with Crippen molar-refractivity contribution in [3.8, 4) is 21.5 Å². The van der Waals surface area contributed by atoms with E-state index in [2.05, 4.69) is 10.4 Å². The van der Waals surface area contributed by atoms with Crippen LogP contribution in [0.5, 0.6) is 5.75 Å². The molecular formula is C24H20N4O2S2. The van der Waals surface area contributed by atoms with Gasteiger partial charge >= 0.3 is 0 Å². The van der Waals surface area contributed by atoms with E-state index in [0.29, 0.717) is 28.9 Å². The number of fused-ring (bicyclic) bond motifs is 1. The van der Waals surface area contributed by atoms with Gasteiger partial charge in [-0.05, 0) is 42.1 Å². The van der Waals surface area contributed by atoms with Gasteiger partial charge in [0, 0.05) is 11.4 Å². The lowest BCUT2D eigenvalue weighted by molar-refractivity contribution is 0.102. The average molecular weight is 461 g/mol. The van der Waals surface area contributed by atoms with E-state index in [-0.39, 0.29) is 5.91 Å². The molecule has 0 aliphatic carbocycles. The Morgan fingerprint density at radius 3 is 2.81 bits per heavy atom. The van der Waals surface area contributed by atoms with Crippen LogP contribution in [-0.4, -0.2) is 27.3 Å². The molecule has 0 saturated carbocycles. The van der Waals surface area contributed by atoms with Crippen molar-refractivity contribution in [3.63, 3.8) is 0 Å². The molecular weight excluding hydrogens is 440 g/mol. The van der Waals surface area contributed by atoms with Crippen LogP contribution >= 0.6 is 22.7 Å². The van der Waals surface area contributed by atoms with Crippen LogP contribution in [0.1, 0.15) is 23.0 Å². The molecule has 160 valence electrons. The molecule has 3 aromatic heterocycles. The molecule has 6 nitrogen and oxygen atoms in total. The highest BCUT2D eigenvalue weighted by Crippen LogP contribution is 2.31. The fourth-order valence-electron chi connectivity index (χ4n) is 3.57. The van der Waals surface area contributed by atoms with Gasteiger partial charge in [0.15, 0.2) is 0 Å². The van der Waals surface area contributed by atoms with Crippen molar-refractivity contribution in [3.05, 3.63) is 76.6 Å². The number of hydrogen-bond acceptors (Lipinski definition) is 6. The molecule has 2 aromatic carbocycles. The molecule has 1 N–H and O–H groups in total. The van der Waals surface area contributed by atoms with Crippen molar-refractivity contribution in [2.24, 2.45) is 0 Å². The molecule has 3 heterocycles. The van der Waals surface area contributed by atoms with Gasteiger partial charge in [0.25, 0.3) is 5.91 Å². The lowest BCUT2D eigenvalue weighted by Gasteiger charge is -2.14. The van der Waals surface area contributed by atoms with E-state index in [1.54, 1.807) is 16.0 Å². The van der Waals surface area contributed by atoms with Gasteiger partial charge < -0.3 is 10.1 Å². The molecule has 0 bridgehead atoms. The van der Waals surface area contributed by atoms with E-state index < -0.39 is 0 Å². The highest BCUT2D eigenvalue weighted by atomic mass is 32.1. The number of ether oxygens (including phenoxy) is 1. The normalized spacial score (nSPS) is 11.1. The van der Waals surface area contributed by atoms with Gasteiger partial charge in [0.1, 0.15) is 11.6 Å². The number of aromatic nitrogens is 3. The van der Waals surface area contributed by atoms with E-state index in [9.17, 15) is 4.79 Å². The predicted octanol–water partition coefficient (Wildman–Crippen LogP) is 6.17. The van der Waals surface area contributed by atoms with Crippen molar-refractivity contribution in [2.75, 3.05) is 11.9 Å². The molecule has 0 radical (unpaired) electrons. The van der Waals surface area contributed by atoms with Crippen LogP contribution in [0.4, 0.5) is 5.82 Å². The van der Waals surface area contributed by atoms with Gasteiger partial charge in [-0.25, -0.2) is 4.98 Å². The van der Waals surface area contributed by atoms with Gasteiger partial charge in [0.05, 0.1) is 28.4 Å². The summed E-state index contributed by atoms with van der Waals surface area (Å²) < 4.78 is 7.46. The van der Waals surface area contributed by atoms with Crippen LogP contribution < -0.4 is 10.1 Å². The molecule has 0 saturated heterocycles. The molecule has 8 heteroatoms. The number of nitrogens with zero attached hydrogens (tertiary/aromatic N) is 3. The molecule has 0 fully saturated rings. The molecule has 0 unspecified atom stereocenters. The first-order chi connectivity index (χ1) is 15.6. The number of carbonyl (C=O) groups is 1. The Kier molecular flexibility index (Phi) is 5.46. The summed E-state index contributed by atoms with van der Waals surface area (Å²) >= 11 is 3.13. The van der Waals surface area contributed by atoms with E-state index >= 15 is 0 Å². The summed E-state index contributed by atoms with van der Waals surface area (Å²) in [4.78, 5) is 19.3. The molecule has 0 atom stereocenters. The molecule has 0 spiro atoms. The number of benzene rings is 2. The number of aryl methyl sites for hydroxylation is 1. The minimum atomic E-state index is -0.249. The Morgan fingerprint density at radius 2 is 2.00 bits per heavy atom. The van der Waals surface area contributed by atoms with E-state index in [1.807, 2.05) is 79.2 Å². The van der Waals surface area contributed by atoms with Crippen LogP contribution in [-0.2, 0) is 0 Å². The van der Waals surface area contributed by atoms with Crippen LogP contribution in [0.15, 0.2) is 65.4 Å². The Balaban J connectivity index is 1.52. The van der Waals surface area contributed by atoms with Crippen molar-refractivity contribution >= 4 is 45.2 Å². The van der Waals surface area contributed by atoms with Crippen molar-refractivity contribution < 1.29 is 9.53 Å². The minimum absolute atomic E-state index is 0.249. The highest BCUT2D eigenvalue weighted by molar-refractivity contribution is 7.15. The molecule has 5 rings (SSSR count). The second kappa shape index (κ2) is 8.57. The summed E-state index contributed by atoms with van der Waals surface area (Å²) in [6.45, 7) is 4.27. The fourth-order valence-corrected chi connectivity index (χ4v) is 5.12. The average Bonchev–Trinajstić information content (AvgIpc) is 3.54. The van der Waals surface area contributed by atoms with Crippen LogP contribution in [0.2, 0.25) is 0 Å². The largest absolute Gasteiger partial charge is 0.493 e. The van der Waals surface area contributed by atoms with Gasteiger partial charge in [-0.2, -0.15) is 9.78 Å². The summed E-state index contributed by atoms with van der Waals surface area (Å²) in [5, 5.41) is 14.1. The third-order valence-electron chi connectivity index (χ3n) is 4.94. The lowest BCUT2D eigenvalue weighted by atomic mass is 10.0. The molecule has 0 aliphatic heterocycles. The zero-order valence-electron chi connectivity index (χ0n) is 17.5. The summed E-state index contributed by atoms with van der Waals surface area (Å²) in [7, 11) is 0. The number of anilines is 1. The van der Waals surface area contributed by atoms with E-state index in [1.165, 1.54) is 11.3 Å². The first kappa shape index (κ1) is 20.4. The number of rotatable bonds is 6. The minimum Gasteiger partial charge on any atom is -0.493 e. The number of thiazole rings is 1. The zero-order valence-corrected chi connectivity index (χ0v) is 19.2. The van der Waals surface area contributed by atoms with Gasteiger partial charge in [-0.3, -0.25) is 4.79 Å². The van der Waals surface area contributed by atoms with E-state index in [4.69, 9.17) is 9.72 Å². The third kappa shape index (κ3) is 3.79. The predicted molar refractivity (Wildman–Crippen MR) is 130 cm³/mol. The van der Waals surface area contributed by atoms with E-state index in [0.717, 1.165) is 27.0 Å². The number of amides is 1. The Morgan fingerprint density at radius 1 is 1.12 bits per heavy atom. The monoisotopic (exact) mass is 460 g/mol. The summed E-state index contributed by atoms with van der Waals surface area (Å²) in [5.41, 5.74) is 2.20. The maximum absolute atomic E-state index is 13.5. The third-order valence-corrected chi connectivity index (χ3v) is 6.65. The quantitative estimate of drug-likeness (QED) is 0.329. The molecule has 5 aromatic rings. The summed E-state index contributed by atoms with van der Waals surface area (Å²) in [6, 6.07) is 17.5. The van der Waals surface area contributed by atoms with Crippen LogP contribution in [0.3, 0.4) is 0 Å². The first-order valence-electron chi connectivity index (χ1n) is 10.2. The van der Waals surface area contributed by atoms with Crippen molar-refractivity contribution in [1.29, 1.82) is 0 Å². The first-order valence-corrected chi connectivity index (χ1v) is 11.9. The smallest absolute Gasteiger partial charge is 0.261 e. The Bertz CT molecular complexity index is 1400. The van der Waals surface area contributed by atoms with Crippen molar-refractivity contribution in [1.82, 2.24) is 14.8 Å². The maximum Gasteiger partial charge on any atom is 0.261 e. The summed E-state index contributed by atoms with van der Waals surface area (Å²) in [5.74, 6) is 0.872. The maximum atomic E-state index is 13.5. The standard InChI is InChI=1S/C24H20N4O2S2/c1-3-30-19-11-10-16-7-4-5-8-17(16)22(19)23(29)26-21-13-15(2)27-28(21)24-25-18(14-32-24)20-9-6-12-31-20/h4-14H,3H2,1-2H3,(H,26,29). The Labute approximate surface area is 193 Å². The van der Waals surface area contributed by atoms with Crippen LogP contribution in [0, 0.1) is 6.92 Å². The van der Waals surface area contributed by atoms with Gasteiger partial charge in [-0.1, -0.05) is 36.4 Å². The highest BCUT2D eigenvalue weighted by Gasteiger charge is 2.20. The summed E-state index contributed by atoms with van der Waals surface area (Å²) in [6.07, 6.45) is 0. The SMILES string of the molecule is CCOc1ccc2ccccc2c1C(=O)Nc1cc(C)nn1-c1nc(-c2cccs2)cs1. The van der Waals surface area contributed by atoms with Crippen molar-refractivity contribution in [2.45, 2.75) is 13.8 Å². The number of thiophene rings is 1. The topological polar surface area (TPSA) is 69.0 Å². The number of hydrogen-bond donors (Lipinski definition) is 1. The van der Waals surface area contributed by atoms with Crippen LogP contribution in [0.25, 0.3) is 26.5 Å².